The van der Waals surface area contributed by atoms with E-state index in [1.165, 1.54) is 0 Å². The molecule has 0 unspecified atom stereocenters. The van der Waals surface area contributed by atoms with Crippen LogP contribution < -0.4 is 10.6 Å². The van der Waals surface area contributed by atoms with Crippen LogP contribution in [0.4, 0.5) is 5.82 Å². The molecule has 2 N–H and O–H groups in total. The fourth-order valence-electron chi connectivity index (χ4n) is 1.73. The lowest BCUT2D eigenvalue weighted by molar-refractivity contribution is 0.0942. The van der Waals surface area contributed by atoms with E-state index < -0.39 is 0 Å². The molecule has 2 rings (SSSR count). The summed E-state index contributed by atoms with van der Waals surface area (Å²) in [6, 6.07) is 5.18. The highest BCUT2D eigenvalue weighted by Crippen LogP contribution is 2.07. The Morgan fingerprint density at radius 3 is 3.00 bits per heavy atom. The van der Waals surface area contributed by atoms with Gasteiger partial charge < -0.3 is 19.8 Å². The summed E-state index contributed by atoms with van der Waals surface area (Å²) in [5.41, 5.74) is 0.314. The third kappa shape index (κ3) is 4.57. The molecule has 2 heterocycles. The Bertz CT molecular complexity index is 584. The zero-order valence-electron chi connectivity index (χ0n) is 12.0. The molecule has 7 nitrogen and oxygen atoms in total. The molecule has 0 atom stereocenters. The molecular weight excluding hydrogens is 272 g/mol. The number of aromatic nitrogens is 2. The van der Waals surface area contributed by atoms with Gasteiger partial charge >= 0.3 is 0 Å². The van der Waals surface area contributed by atoms with Crippen molar-refractivity contribution in [1.29, 1.82) is 0 Å². The maximum atomic E-state index is 12.1. The van der Waals surface area contributed by atoms with Crippen LogP contribution in [0.3, 0.4) is 0 Å². The average molecular weight is 290 g/mol. The SMILES string of the molecule is COCCNc1cc(C(=O)NCc2ccco2)nc(C)n1. The number of anilines is 1. The molecule has 1 amide bonds. The van der Waals surface area contributed by atoms with E-state index in [4.69, 9.17) is 9.15 Å². The fraction of sp³-hybridized carbons (Fsp3) is 0.357. The van der Waals surface area contributed by atoms with Crippen molar-refractivity contribution in [3.63, 3.8) is 0 Å². The molecule has 0 saturated carbocycles. The summed E-state index contributed by atoms with van der Waals surface area (Å²) >= 11 is 0. The van der Waals surface area contributed by atoms with Gasteiger partial charge in [0.05, 0.1) is 19.4 Å². The summed E-state index contributed by atoms with van der Waals surface area (Å²) < 4.78 is 10.1. The van der Waals surface area contributed by atoms with Gasteiger partial charge in [-0.2, -0.15) is 0 Å². The second kappa shape index (κ2) is 7.39. The number of carbonyl (C=O) groups excluding carboxylic acids is 1. The minimum absolute atomic E-state index is 0.272. The molecular formula is C14H18N4O3. The molecule has 0 aliphatic carbocycles. The second-order valence-electron chi connectivity index (χ2n) is 4.37. The molecule has 21 heavy (non-hydrogen) atoms. The first kappa shape index (κ1) is 15.0. The van der Waals surface area contributed by atoms with Crippen molar-refractivity contribution in [2.45, 2.75) is 13.5 Å². The van der Waals surface area contributed by atoms with E-state index >= 15 is 0 Å². The van der Waals surface area contributed by atoms with Crippen LogP contribution in [0.2, 0.25) is 0 Å². The van der Waals surface area contributed by atoms with E-state index in [2.05, 4.69) is 20.6 Å². The first-order valence-corrected chi connectivity index (χ1v) is 6.58. The Balaban J connectivity index is 1.98. The number of aryl methyl sites for hydroxylation is 1. The standard InChI is InChI=1S/C14H18N4O3/c1-10-17-12(8-13(18-10)15-5-7-20-2)14(19)16-9-11-4-3-6-21-11/h3-4,6,8H,5,7,9H2,1-2H3,(H,16,19)(H,15,17,18). The molecule has 0 radical (unpaired) electrons. The number of ether oxygens (including phenoxy) is 1. The van der Waals surface area contributed by atoms with Gasteiger partial charge in [0, 0.05) is 19.7 Å². The normalized spacial score (nSPS) is 10.4. The van der Waals surface area contributed by atoms with Gasteiger partial charge in [0.25, 0.3) is 5.91 Å². The van der Waals surface area contributed by atoms with Crippen molar-refractivity contribution >= 4 is 11.7 Å². The molecule has 0 fully saturated rings. The van der Waals surface area contributed by atoms with Crippen LogP contribution in [0.25, 0.3) is 0 Å². The molecule has 2 aromatic rings. The van der Waals surface area contributed by atoms with Crippen LogP contribution >= 0.6 is 0 Å². The third-order valence-electron chi connectivity index (χ3n) is 2.69. The van der Waals surface area contributed by atoms with Gasteiger partial charge in [0.1, 0.15) is 23.1 Å². The lowest BCUT2D eigenvalue weighted by Crippen LogP contribution is -2.24. The number of nitrogens with one attached hydrogen (secondary N) is 2. The maximum Gasteiger partial charge on any atom is 0.270 e. The van der Waals surface area contributed by atoms with E-state index in [9.17, 15) is 4.79 Å². The van der Waals surface area contributed by atoms with E-state index in [0.717, 1.165) is 0 Å². The second-order valence-corrected chi connectivity index (χ2v) is 4.37. The van der Waals surface area contributed by atoms with Gasteiger partial charge in [-0.25, -0.2) is 9.97 Å². The number of hydrogen-bond acceptors (Lipinski definition) is 6. The summed E-state index contributed by atoms with van der Waals surface area (Å²) in [4.78, 5) is 20.4. The highest BCUT2D eigenvalue weighted by molar-refractivity contribution is 5.92. The minimum atomic E-state index is -0.272. The third-order valence-corrected chi connectivity index (χ3v) is 2.69. The summed E-state index contributed by atoms with van der Waals surface area (Å²) in [5, 5.41) is 5.82. The molecule has 0 aromatic carbocycles. The first-order valence-electron chi connectivity index (χ1n) is 6.58. The van der Waals surface area contributed by atoms with Gasteiger partial charge in [-0.15, -0.1) is 0 Å². The molecule has 112 valence electrons. The van der Waals surface area contributed by atoms with E-state index in [-0.39, 0.29) is 5.91 Å². The smallest absolute Gasteiger partial charge is 0.270 e. The number of hydrogen-bond donors (Lipinski definition) is 2. The Morgan fingerprint density at radius 2 is 2.29 bits per heavy atom. The zero-order valence-corrected chi connectivity index (χ0v) is 12.0. The van der Waals surface area contributed by atoms with Crippen LogP contribution in [0.5, 0.6) is 0 Å². The van der Waals surface area contributed by atoms with Crippen LogP contribution in [-0.2, 0) is 11.3 Å². The van der Waals surface area contributed by atoms with Gasteiger partial charge in [0.15, 0.2) is 0 Å². The van der Waals surface area contributed by atoms with Crippen molar-refractivity contribution in [1.82, 2.24) is 15.3 Å². The number of methoxy groups -OCH3 is 1. The monoisotopic (exact) mass is 290 g/mol. The van der Waals surface area contributed by atoms with E-state index in [1.54, 1.807) is 38.5 Å². The molecule has 0 aliphatic rings. The van der Waals surface area contributed by atoms with Crippen molar-refractivity contribution < 1.29 is 13.9 Å². The van der Waals surface area contributed by atoms with E-state index in [1.807, 2.05) is 0 Å². The molecule has 0 saturated heterocycles. The van der Waals surface area contributed by atoms with Crippen LogP contribution in [0.1, 0.15) is 22.1 Å². The summed E-state index contributed by atoms with van der Waals surface area (Å²) in [6.45, 7) is 3.23. The predicted molar refractivity (Wildman–Crippen MR) is 77.0 cm³/mol. The average Bonchev–Trinajstić information content (AvgIpc) is 2.98. The Kier molecular flexibility index (Phi) is 5.28. The maximum absolute atomic E-state index is 12.1. The molecule has 2 aromatic heterocycles. The topological polar surface area (TPSA) is 89.3 Å². The van der Waals surface area contributed by atoms with Crippen LogP contribution in [-0.4, -0.2) is 36.1 Å². The van der Waals surface area contributed by atoms with Gasteiger partial charge in [0.2, 0.25) is 0 Å². The van der Waals surface area contributed by atoms with Crippen LogP contribution in [0, 0.1) is 6.92 Å². The van der Waals surface area contributed by atoms with Gasteiger partial charge in [-0.05, 0) is 19.1 Å². The summed E-state index contributed by atoms with van der Waals surface area (Å²) in [7, 11) is 1.63. The lowest BCUT2D eigenvalue weighted by atomic mass is 10.3. The van der Waals surface area contributed by atoms with Crippen LogP contribution in [0.15, 0.2) is 28.9 Å². The molecule has 0 spiro atoms. The Labute approximate surface area is 122 Å². The molecule has 7 heteroatoms. The Morgan fingerprint density at radius 1 is 1.43 bits per heavy atom. The quantitative estimate of drug-likeness (QED) is 0.749. The van der Waals surface area contributed by atoms with Crippen molar-refractivity contribution in [3.05, 3.63) is 41.7 Å². The number of rotatable bonds is 7. The van der Waals surface area contributed by atoms with Crippen molar-refractivity contribution in [3.8, 4) is 0 Å². The number of amides is 1. The zero-order chi connectivity index (χ0) is 15.1. The van der Waals surface area contributed by atoms with Crippen molar-refractivity contribution in [2.24, 2.45) is 0 Å². The van der Waals surface area contributed by atoms with Gasteiger partial charge in [-0.3, -0.25) is 4.79 Å². The summed E-state index contributed by atoms with van der Waals surface area (Å²) in [6.07, 6.45) is 1.56. The molecule has 0 bridgehead atoms. The van der Waals surface area contributed by atoms with E-state index in [0.29, 0.717) is 42.8 Å². The summed E-state index contributed by atoms with van der Waals surface area (Å²) in [5.74, 6) is 1.54. The highest BCUT2D eigenvalue weighted by atomic mass is 16.5. The largest absolute Gasteiger partial charge is 0.467 e. The lowest BCUT2D eigenvalue weighted by Gasteiger charge is -2.08. The molecule has 0 aliphatic heterocycles. The number of furan rings is 1. The predicted octanol–water partition coefficient (Wildman–Crippen LogP) is 1.37. The number of carbonyl (C=O) groups is 1. The first-order chi connectivity index (χ1) is 10.2. The number of nitrogens with zero attached hydrogens (tertiary/aromatic N) is 2. The van der Waals surface area contributed by atoms with Crippen molar-refractivity contribution in [2.75, 3.05) is 25.6 Å². The highest BCUT2D eigenvalue weighted by Gasteiger charge is 2.10. The van der Waals surface area contributed by atoms with Gasteiger partial charge in [-0.1, -0.05) is 0 Å². The minimum Gasteiger partial charge on any atom is -0.467 e. The Hall–Kier alpha value is -2.41. The fourth-order valence-corrected chi connectivity index (χ4v) is 1.73.